The topological polar surface area (TPSA) is 12.5 Å². The zero-order valence-electron chi connectivity index (χ0n) is 12.7. The normalized spacial score (nSPS) is 17.4. The first-order valence-corrected chi connectivity index (χ1v) is 7.82. The van der Waals surface area contributed by atoms with Crippen LogP contribution in [-0.4, -0.2) is 25.1 Å². The van der Waals surface area contributed by atoms with Gasteiger partial charge in [-0.3, -0.25) is 4.90 Å². The molecular formula is C19H23NO. The quantitative estimate of drug-likeness (QED) is 0.830. The molecule has 1 heterocycles. The number of methoxy groups -OCH3 is 1. The lowest BCUT2D eigenvalue weighted by molar-refractivity contribution is 0.184. The first-order valence-electron chi connectivity index (χ1n) is 7.82. The summed E-state index contributed by atoms with van der Waals surface area (Å²) in [6, 6.07) is 19.5. The minimum Gasteiger partial charge on any atom is -0.496 e. The first kappa shape index (κ1) is 14.2. The van der Waals surface area contributed by atoms with E-state index in [4.69, 9.17) is 4.74 Å². The summed E-state index contributed by atoms with van der Waals surface area (Å²) in [6.45, 7) is 2.33. The van der Waals surface area contributed by atoms with E-state index in [1.165, 1.54) is 30.4 Å². The Morgan fingerprint density at radius 2 is 1.52 bits per heavy atom. The van der Waals surface area contributed by atoms with Gasteiger partial charge in [-0.2, -0.15) is 0 Å². The minimum absolute atomic E-state index is 0.294. The van der Waals surface area contributed by atoms with Crippen molar-refractivity contribution in [1.29, 1.82) is 0 Å². The van der Waals surface area contributed by atoms with Crippen LogP contribution in [0, 0.1) is 0 Å². The summed E-state index contributed by atoms with van der Waals surface area (Å²) in [5.74, 6) is 0.983. The number of para-hydroxylation sites is 1. The molecule has 1 fully saturated rings. The van der Waals surface area contributed by atoms with E-state index in [1.54, 1.807) is 7.11 Å². The molecule has 2 nitrogen and oxygen atoms in total. The number of benzene rings is 2. The molecule has 0 N–H and O–H groups in total. The van der Waals surface area contributed by atoms with Gasteiger partial charge in [0.2, 0.25) is 0 Å². The molecule has 1 atom stereocenters. The second kappa shape index (κ2) is 6.77. The molecule has 0 radical (unpaired) electrons. The Kier molecular flexibility index (Phi) is 4.56. The molecule has 3 rings (SSSR count). The van der Waals surface area contributed by atoms with Crippen molar-refractivity contribution < 1.29 is 4.74 Å². The number of likely N-dealkylation sites (tertiary alicyclic amines) is 1. The molecule has 0 aromatic heterocycles. The van der Waals surface area contributed by atoms with Crippen molar-refractivity contribution >= 4 is 0 Å². The predicted molar refractivity (Wildman–Crippen MR) is 86.7 cm³/mol. The number of piperidine rings is 1. The zero-order chi connectivity index (χ0) is 14.5. The fourth-order valence-corrected chi connectivity index (χ4v) is 3.29. The average Bonchev–Trinajstić information content (AvgIpc) is 2.58. The molecule has 0 bridgehead atoms. The van der Waals surface area contributed by atoms with Crippen LogP contribution in [0.2, 0.25) is 0 Å². The molecule has 1 unspecified atom stereocenters. The van der Waals surface area contributed by atoms with Crippen LogP contribution < -0.4 is 4.74 Å². The molecule has 21 heavy (non-hydrogen) atoms. The Bertz CT molecular complexity index is 561. The van der Waals surface area contributed by atoms with E-state index in [-0.39, 0.29) is 0 Å². The maximum atomic E-state index is 5.61. The molecule has 1 saturated heterocycles. The van der Waals surface area contributed by atoms with E-state index in [1.807, 2.05) is 6.07 Å². The fourth-order valence-electron chi connectivity index (χ4n) is 3.29. The van der Waals surface area contributed by atoms with Gasteiger partial charge in [-0.25, -0.2) is 0 Å². The van der Waals surface area contributed by atoms with E-state index in [0.29, 0.717) is 6.04 Å². The smallest absolute Gasteiger partial charge is 0.123 e. The number of nitrogens with zero attached hydrogens (tertiary/aromatic N) is 1. The molecule has 1 aliphatic heterocycles. The van der Waals surface area contributed by atoms with Gasteiger partial charge in [0.25, 0.3) is 0 Å². The molecule has 0 amide bonds. The molecule has 2 aromatic carbocycles. The van der Waals surface area contributed by atoms with Crippen LogP contribution in [0.25, 0.3) is 0 Å². The van der Waals surface area contributed by atoms with E-state index >= 15 is 0 Å². The van der Waals surface area contributed by atoms with Crippen molar-refractivity contribution in [3.8, 4) is 5.75 Å². The SMILES string of the molecule is COc1ccccc1C(c1ccccc1)N1CCCCC1. The standard InChI is InChI=1S/C19H23NO/c1-21-18-13-7-6-12-17(18)19(16-10-4-2-5-11-16)20-14-8-3-9-15-20/h2,4-7,10-13,19H,3,8-9,14-15H2,1H3. The highest BCUT2D eigenvalue weighted by Gasteiger charge is 2.25. The van der Waals surface area contributed by atoms with Crippen LogP contribution in [0.3, 0.4) is 0 Å². The highest BCUT2D eigenvalue weighted by molar-refractivity contribution is 5.41. The van der Waals surface area contributed by atoms with Crippen LogP contribution >= 0.6 is 0 Å². The summed E-state index contributed by atoms with van der Waals surface area (Å²) < 4.78 is 5.61. The van der Waals surface area contributed by atoms with Gasteiger partial charge in [0.15, 0.2) is 0 Å². The monoisotopic (exact) mass is 281 g/mol. The molecule has 110 valence electrons. The molecular weight excluding hydrogens is 258 g/mol. The Morgan fingerprint density at radius 3 is 2.24 bits per heavy atom. The summed E-state index contributed by atoms with van der Waals surface area (Å²) in [6.07, 6.45) is 3.93. The lowest BCUT2D eigenvalue weighted by Crippen LogP contribution is -2.34. The third-order valence-electron chi connectivity index (χ3n) is 4.30. The van der Waals surface area contributed by atoms with Crippen molar-refractivity contribution in [3.05, 3.63) is 65.7 Å². The molecule has 2 heteroatoms. The van der Waals surface area contributed by atoms with Gasteiger partial charge in [0.05, 0.1) is 13.2 Å². The average molecular weight is 281 g/mol. The third kappa shape index (κ3) is 3.11. The van der Waals surface area contributed by atoms with Crippen LogP contribution in [0.5, 0.6) is 5.75 Å². The van der Waals surface area contributed by atoms with E-state index in [0.717, 1.165) is 18.8 Å². The van der Waals surface area contributed by atoms with E-state index < -0.39 is 0 Å². The number of hydrogen-bond donors (Lipinski definition) is 0. The molecule has 0 saturated carbocycles. The molecule has 2 aromatic rings. The summed E-state index contributed by atoms with van der Waals surface area (Å²) in [5, 5.41) is 0. The van der Waals surface area contributed by atoms with Gasteiger partial charge in [-0.15, -0.1) is 0 Å². The molecule has 1 aliphatic rings. The maximum absolute atomic E-state index is 5.61. The Balaban J connectivity index is 2.03. The predicted octanol–water partition coefficient (Wildman–Crippen LogP) is 4.27. The molecule has 0 spiro atoms. The number of ether oxygens (including phenoxy) is 1. The van der Waals surface area contributed by atoms with Gasteiger partial charge in [-0.05, 0) is 37.6 Å². The second-order valence-corrected chi connectivity index (χ2v) is 5.65. The van der Waals surface area contributed by atoms with Crippen molar-refractivity contribution in [2.24, 2.45) is 0 Å². The lowest BCUT2D eigenvalue weighted by atomic mass is 9.94. The van der Waals surface area contributed by atoms with Crippen molar-refractivity contribution in [1.82, 2.24) is 4.90 Å². The summed E-state index contributed by atoms with van der Waals surface area (Å²) in [4.78, 5) is 2.59. The Hall–Kier alpha value is -1.80. The first-order chi connectivity index (χ1) is 10.4. The van der Waals surface area contributed by atoms with E-state index in [2.05, 4.69) is 53.4 Å². The lowest BCUT2D eigenvalue weighted by Gasteiger charge is -2.35. The number of hydrogen-bond acceptors (Lipinski definition) is 2. The van der Waals surface area contributed by atoms with Crippen LogP contribution in [0.15, 0.2) is 54.6 Å². The highest BCUT2D eigenvalue weighted by atomic mass is 16.5. The summed E-state index contributed by atoms with van der Waals surface area (Å²) >= 11 is 0. The molecule has 0 aliphatic carbocycles. The summed E-state index contributed by atoms with van der Waals surface area (Å²) in [7, 11) is 1.76. The van der Waals surface area contributed by atoms with Crippen LogP contribution in [-0.2, 0) is 0 Å². The maximum Gasteiger partial charge on any atom is 0.123 e. The van der Waals surface area contributed by atoms with Crippen molar-refractivity contribution in [3.63, 3.8) is 0 Å². The van der Waals surface area contributed by atoms with E-state index in [9.17, 15) is 0 Å². The van der Waals surface area contributed by atoms with Crippen LogP contribution in [0.1, 0.15) is 36.4 Å². The third-order valence-corrected chi connectivity index (χ3v) is 4.30. The Morgan fingerprint density at radius 1 is 0.857 bits per heavy atom. The van der Waals surface area contributed by atoms with Gasteiger partial charge < -0.3 is 4.74 Å². The van der Waals surface area contributed by atoms with Gasteiger partial charge in [0.1, 0.15) is 5.75 Å². The minimum atomic E-state index is 0.294. The van der Waals surface area contributed by atoms with Crippen molar-refractivity contribution in [2.75, 3.05) is 20.2 Å². The second-order valence-electron chi connectivity index (χ2n) is 5.65. The van der Waals surface area contributed by atoms with Crippen molar-refractivity contribution in [2.45, 2.75) is 25.3 Å². The Labute approximate surface area is 127 Å². The fraction of sp³-hybridized carbons (Fsp3) is 0.368. The largest absolute Gasteiger partial charge is 0.496 e. The highest BCUT2D eigenvalue weighted by Crippen LogP contribution is 2.35. The van der Waals surface area contributed by atoms with Gasteiger partial charge in [0, 0.05) is 5.56 Å². The van der Waals surface area contributed by atoms with Crippen LogP contribution in [0.4, 0.5) is 0 Å². The zero-order valence-corrected chi connectivity index (χ0v) is 12.7. The number of rotatable bonds is 4. The van der Waals surface area contributed by atoms with Gasteiger partial charge in [-0.1, -0.05) is 55.0 Å². The van der Waals surface area contributed by atoms with Gasteiger partial charge >= 0.3 is 0 Å². The summed E-state index contributed by atoms with van der Waals surface area (Å²) in [5.41, 5.74) is 2.62.